The summed E-state index contributed by atoms with van der Waals surface area (Å²) >= 11 is 0. The molecule has 0 radical (unpaired) electrons. The highest BCUT2D eigenvalue weighted by atomic mass is 19.1. The van der Waals surface area contributed by atoms with Crippen molar-refractivity contribution in [3.05, 3.63) is 89.8 Å². The van der Waals surface area contributed by atoms with Crippen LogP contribution in [-0.4, -0.2) is 25.0 Å². The van der Waals surface area contributed by atoms with E-state index >= 15 is 0 Å². The van der Waals surface area contributed by atoms with Crippen molar-refractivity contribution in [1.29, 1.82) is 0 Å². The van der Waals surface area contributed by atoms with Gasteiger partial charge in [-0.15, -0.1) is 0 Å². The summed E-state index contributed by atoms with van der Waals surface area (Å²) in [6.07, 6.45) is 2.81. The third kappa shape index (κ3) is 6.67. The first-order valence-corrected chi connectivity index (χ1v) is 10.5. The van der Waals surface area contributed by atoms with Gasteiger partial charge in [-0.2, -0.15) is 0 Å². The maximum atomic E-state index is 13.3. The van der Waals surface area contributed by atoms with E-state index in [1.807, 2.05) is 19.9 Å². The molecule has 0 aromatic heterocycles. The zero-order valence-electron chi connectivity index (χ0n) is 18.4. The number of hydrogen-bond donors (Lipinski definition) is 2. The summed E-state index contributed by atoms with van der Waals surface area (Å²) in [5, 5.41) is 5.59. The van der Waals surface area contributed by atoms with Crippen LogP contribution in [0.4, 0.5) is 15.8 Å². The lowest BCUT2D eigenvalue weighted by Crippen LogP contribution is -2.14. The second-order valence-electron chi connectivity index (χ2n) is 6.91. The van der Waals surface area contributed by atoms with Gasteiger partial charge in [-0.3, -0.25) is 9.59 Å². The lowest BCUT2D eigenvalue weighted by molar-refractivity contribution is -0.111. The fourth-order valence-corrected chi connectivity index (χ4v) is 3.05. The van der Waals surface area contributed by atoms with Crippen molar-refractivity contribution in [2.24, 2.45) is 0 Å². The number of benzene rings is 3. The molecule has 0 aliphatic heterocycles. The van der Waals surface area contributed by atoms with Gasteiger partial charge < -0.3 is 20.1 Å². The predicted octanol–water partition coefficient (Wildman–Crippen LogP) is 5.53. The van der Waals surface area contributed by atoms with Gasteiger partial charge in [0.1, 0.15) is 17.3 Å². The van der Waals surface area contributed by atoms with Crippen LogP contribution in [0.3, 0.4) is 0 Å². The van der Waals surface area contributed by atoms with E-state index in [4.69, 9.17) is 9.47 Å². The molecule has 2 amide bonds. The van der Waals surface area contributed by atoms with Gasteiger partial charge in [0.05, 0.1) is 24.6 Å². The van der Waals surface area contributed by atoms with Gasteiger partial charge in [-0.25, -0.2) is 4.39 Å². The van der Waals surface area contributed by atoms with Gasteiger partial charge in [0.25, 0.3) is 5.91 Å². The van der Waals surface area contributed by atoms with Crippen molar-refractivity contribution in [2.45, 2.75) is 13.8 Å². The fourth-order valence-electron chi connectivity index (χ4n) is 3.05. The maximum absolute atomic E-state index is 13.3. The zero-order valence-corrected chi connectivity index (χ0v) is 18.4. The summed E-state index contributed by atoms with van der Waals surface area (Å²) < 4.78 is 24.7. The molecule has 0 unspecified atom stereocenters. The number of hydrogen-bond acceptors (Lipinski definition) is 4. The molecule has 33 heavy (non-hydrogen) atoms. The van der Waals surface area contributed by atoms with Crippen molar-refractivity contribution in [1.82, 2.24) is 0 Å². The number of anilines is 2. The molecule has 0 heterocycles. The molecule has 0 spiro atoms. The Morgan fingerprint density at radius 3 is 2.09 bits per heavy atom. The zero-order chi connectivity index (χ0) is 23.6. The van der Waals surface area contributed by atoms with Crippen molar-refractivity contribution >= 4 is 29.3 Å². The number of nitrogens with one attached hydrogen (secondary N) is 2. The standard InChI is InChI=1S/C26H25FN2O4/c1-3-32-23-17-22(29-26(31)19-10-6-5-7-11-19)24(33-4-2)16-21(23)28-25(30)14-13-18-9-8-12-20(27)15-18/h5-17H,3-4H2,1-2H3,(H,28,30)(H,29,31)/b14-13+. The van der Waals surface area contributed by atoms with Crippen LogP contribution < -0.4 is 20.1 Å². The second kappa shape index (κ2) is 11.5. The summed E-state index contributed by atoms with van der Waals surface area (Å²) in [5.74, 6) is -0.352. The van der Waals surface area contributed by atoms with Gasteiger partial charge >= 0.3 is 0 Å². The Kier molecular flexibility index (Phi) is 8.18. The molecule has 0 saturated carbocycles. The average molecular weight is 448 g/mol. The van der Waals surface area contributed by atoms with E-state index in [-0.39, 0.29) is 11.7 Å². The first kappa shape index (κ1) is 23.5. The molecular weight excluding hydrogens is 423 g/mol. The number of carbonyl (C=O) groups excluding carboxylic acids is 2. The van der Waals surface area contributed by atoms with Crippen LogP contribution in [0.15, 0.2) is 72.8 Å². The topological polar surface area (TPSA) is 76.7 Å². The molecule has 3 aromatic rings. The Labute approximate surface area is 192 Å². The van der Waals surface area contributed by atoms with Crippen LogP contribution in [0.25, 0.3) is 6.08 Å². The van der Waals surface area contributed by atoms with Gasteiger partial charge in [0.2, 0.25) is 5.91 Å². The third-order valence-electron chi connectivity index (χ3n) is 4.50. The first-order chi connectivity index (χ1) is 16.0. The first-order valence-electron chi connectivity index (χ1n) is 10.5. The minimum Gasteiger partial charge on any atom is -0.492 e. The van der Waals surface area contributed by atoms with Gasteiger partial charge in [0, 0.05) is 23.8 Å². The summed E-state index contributed by atoms with van der Waals surface area (Å²) in [6.45, 7) is 4.34. The normalized spacial score (nSPS) is 10.6. The Balaban J connectivity index is 1.85. The van der Waals surface area contributed by atoms with E-state index in [1.54, 1.807) is 48.5 Å². The number of halogens is 1. The van der Waals surface area contributed by atoms with Crippen LogP contribution in [0.5, 0.6) is 11.5 Å². The van der Waals surface area contributed by atoms with Gasteiger partial charge in [0.15, 0.2) is 0 Å². The van der Waals surface area contributed by atoms with Crippen LogP contribution in [0, 0.1) is 5.82 Å². The SMILES string of the molecule is CCOc1cc(NC(=O)c2ccccc2)c(OCC)cc1NC(=O)/C=C/c1cccc(F)c1. The molecule has 3 aromatic carbocycles. The quantitative estimate of drug-likeness (QED) is 0.422. The molecule has 2 N–H and O–H groups in total. The van der Waals surface area contributed by atoms with E-state index in [2.05, 4.69) is 10.6 Å². The summed E-state index contributed by atoms with van der Waals surface area (Å²) in [6, 6.07) is 17.9. The van der Waals surface area contributed by atoms with E-state index in [1.165, 1.54) is 24.3 Å². The molecule has 7 heteroatoms. The summed E-state index contributed by atoms with van der Waals surface area (Å²) in [7, 11) is 0. The number of ether oxygens (including phenoxy) is 2. The molecule has 6 nitrogen and oxygen atoms in total. The highest BCUT2D eigenvalue weighted by Gasteiger charge is 2.16. The molecular formula is C26H25FN2O4. The Hall–Kier alpha value is -4.13. The van der Waals surface area contributed by atoms with E-state index in [0.29, 0.717) is 47.2 Å². The molecule has 0 aliphatic rings. The molecule has 0 fully saturated rings. The fraction of sp³-hybridized carbons (Fsp3) is 0.154. The summed E-state index contributed by atoms with van der Waals surface area (Å²) in [4.78, 5) is 25.1. The third-order valence-corrected chi connectivity index (χ3v) is 4.50. The highest BCUT2D eigenvalue weighted by molar-refractivity contribution is 6.06. The van der Waals surface area contributed by atoms with Crippen molar-refractivity contribution < 1.29 is 23.5 Å². The minimum atomic E-state index is -0.427. The molecule has 3 rings (SSSR count). The van der Waals surface area contributed by atoms with Crippen LogP contribution in [0.1, 0.15) is 29.8 Å². The number of carbonyl (C=O) groups is 2. The van der Waals surface area contributed by atoms with Crippen molar-refractivity contribution in [2.75, 3.05) is 23.8 Å². The lowest BCUT2D eigenvalue weighted by Gasteiger charge is -2.17. The predicted molar refractivity (Wildman–Crippen MR) is 127 cm³/mol. The minimum absolute atomic E-state index is 0.297. The van der Waals surface area contributed by atoms with Crippen molar-refractivity contribution in [3.63, 3.8) is 0 Å². The molecule has 0 aliphatic carbocycles. The van der Waals surface area contributed by atoms with E-state index in [0.717, 1.165) is 0 Å². The van der Waals surface area contributed by atoms with E-state index in [9.17, 15) is 14.0 Å². The molecule has 170 valence electrons. The number of amides is 2. The summed E-state index contributed by atoms with van der Waals surface area (Å²) in [5.41, 5.74) is 1.86. The monoisotopic (exact) mass is 448 g/mol. The van der Waals surface area contributed by atoms with Crippen molar-refractivity contribution in [3.8, 4) is 11.5 Å². The van der Waals surface area contributed by atoms with Gasteiger partial charge in [-0.1, -0.05) is 30.3 Å². The highest BCUT2D eigenvalue weighted by Crippen LogP contribution is 2.37. The Morgan fingerprint density at radius 2 is 1.48 bits per heavy atom. The largest absolute Gasteiger partial charge is 0.492 e. The molecule has 0 atom stereocenters. The van der Waals surface area contributed by atoms with Crippen LogP contribution >= 0.6 is 0 Å². The Morgan fingerprint density at radius 1 is 0.848 bits per heavy atom. The molecule has 0 bridgehead atoms. The molecule has 0 saturated heterocycles. The number of rotatable bonds is 9. The smallest absolute Gasteiger partial charge is 0.255 e. The van der Waals surface area contributed by atoms with Crippen LogP contribution in [0.2, 0.25) is 0 Å². The average Bonchev–Trinajstić information content (AvgIpc) is 2.81. The van der Waals surface area contributed by atoms with Crippen LogP contribution in [-0.2, 0) is 4.79 Å². The van der Waals surface area contributed by atoms with E-state index < -0.39 is 5.91 Å². The van der Waals surface area contributed by atoms with Gasteiger partial charge in [-0.05, 0) is 49.8 Å². The second-order valence-corrected chi connectivity index (χ2v) is 6.91. The lowest BCUT2D eigenvalue weighted by atomic mass is 10.2. The maximum Gasteiger partial charge on any atom is 0.255 e. The Bertz CT molecular complexity index is 1150.